The minimum Gasteiger partial charge on any atom is -0.324 e. The van der Waals surface area contributed by atoms with Crippen molar-refractivity contribution in [1.29, 1.82) is 0 Å². The lowest BCUT2D eigenvalue weighted by molar-refractivity contribution is 0.104. The van der Waals surface area contributed by atoms with Crippen LogP contribution in [0.5, 0.6) is 0 Å². The Labute approximate surface area is 115 Å². The van der Waals surface area contributed by atoms with E-state index in [-0.39, 0.29) is 11.9 Å². The van der Waals surface area contributed by atoms with Crippen LogP contribution in [0, 0.1) is 12.7 Å². The van der Waals surface area contributed by atoms with Crippen LogP contribution < -0.4 is 5.73 Å². The third-order valence-electron chi connectivity index (χ3n) is 4.15. The summed E-state index contributed by atoms with van der Waals surface area (Å²) < 4.78 is 13.4. The molecule has 0 aromatic heterocycles. The summed E-state index contributed by atoms with van der Waals surface area (Å²) in [4.78, 5) is 4.68. The van der Waals surface area contributed by atoms with E-state index in [1.54, 1.807) is 12.1 Å². The summed E-state index contributed by atoms with van der Waals surface area (Å²) in [6, 6.07) is 5.21. The SMILES string of the molecule is Cc1ccc(F)cc1C(N)CC1CN(C)CCN1C. The number of benzene rings is 1. The van der Waals surface area contributed by atoms with E-state index in [0.29, 0.717) is 6.04 Å². The molecule has 1 aliphatic heterocycles. The molecule has 0 aliphatic carbocycles. The maximum atomic E-state index is 13.4. The second-order valence-electron chi connectivity index (χ2n) is 5.74. The average molecular weight is 265 g/mol. The Morgan fingerprint density at radius 3 is 2.84 bits per heavy atom. The van der Waals surface area contributed by atoms with E-state index < -0.39 is 0 Å². The molecule has 1 aromatic carbocycles. The maximum Gasteiger partial charge on any atom is 0.123 e. The van der Waals surface area contributed by atoms with Crippen LogP contribution in [0.3, 0.4) is 0 Å². The van der Waals surface area contributed by atoms with E-state index in [1.165, 1.54) is 6.07 Å². The average Bonchev–Trinajstić information content (AvgIpc) is 2.36. The minimum atomic E-state index is -0.204. The molecule has 2 rings (SSSR count). The largest absolute Gasteiger partial charge is 0.324 e. The first-order valence-corrected chi connectivity index (χ1v) is 6.88. The van der Waals surface area contributed by atoms with Gasteiger partial charge in [0.15, 0.2) is 0 Å². The van der Waals surface area contributed by atoms with Crippen LogP contribution in [0.4, 0.5) is 4.39 Å². The van der Waals surface area contributed by atoms with Gasteiger partial charge in [0.1, 0.15) is 5.82 Å². The number of piperazine rings is 1. The molecule has 2 atom stereocenters. The molecule has 2 unspecified atom stereocenters. The highest BCUT2D eigenvalue weighted by molar-refractivity contribution is 5.29. The van der Waals surface area contributed by atoms with E-state index in [9.17, 15) is 4.39 Å². The summed E-state index contributed by atoms with van der Waals surface area (Å²) in [5.41, 5.74) is 8.29. The Bertz CT molecular complexity index is 435. The second-order valence-corrected chi connectivity index (χ2v) is 5.74. The van der Waals surface area contributed by atoms with Crippen molar-refractivity contribution in [2.24, 2.45) is 5.73 Å². The van der Waals surface area contributed by atoms with Gasteiger partial charge in [-0.1, -0.05) is 6.07 Å². The van der Waals surface area contributed by atoms with E-state index in [1.807, 2.05) is 6.92 Å². The molecule has 0 bridgehead atoms. The molecule has 3 nitrogen and oxygen atoms in total. The van der Waals surface area contributed by atoms with Crippen LogP contribution in [0.25, 0.3) is 0 Å². The summed E-state index contributed by atoms with van der Waals surface area (Å²) in [7, 11) is 4.28. The maximum absolute atomic E-state index is 13.4. The van der Waals surface area contributed by atoms with Crippen LogP contribution in [0.1, 0.15) is 23.6 Å². The summed E-state index contributed by atoms with van der Waals surface area (Å²) in [5.74, 6) is -0.204. The van der Waals surface area contributed by atoms with Gasteiger partial charge in [0.25, 0.3) is 0 Å². The number of nitrogens with two attached hydrogens (primary N) is 1. The monoisotopic (exact) mass is 265 g/mol. The lowest BCUT2D eigenvalue weighted by atomic mass is 9.95. The van der Waals surface area contributed by atoms with Gasteiger partial charge in [0, 0.05) is 31.7 Å². The first-order valence-electron chi connectivity index (χ1n) is 6.88. The van der Waals surface area contributed by atoms with E-state index in [4.69, 9.17) is 5.73 Å². The molecule has 0 radical (unpaired) electrons. The van der Waals surface area contributed by atoms with Crippen LogP contribution in [-0.2, 0) is 0 Å². The van der Waals surface area contributed by atoms with Gasteiger partial charge in [-0.2, -0.15) is 0 Å². The van der Waals surface area contributed by atoms with Gasteiger partial charge in [-0.25, -0.2) is 4.39 Å². The zero-order valence-electron chi connectivity index (χ0n) is 12.1. The zero-order chi connectivity index (χ0) is 14.0. The Balaban J connectivity index is 2.07. The minimum absolute atomic E-state index is 0.102. The van der Waals surface area contributed by atoms with Crippen molar-refractivity contribution in [3.63, 3.8) is 0 Å². The lowest BCUT2D eigenvalue weighted by Gasteiger charge is -2.39. The van der Waals surface area contributed by atoms with Crippen molar-refractivity contribution in [3.05, 3.63) is 35.1 Å². The van der Waals surface area contributed by atoms with Gasteiger partial charge in [-0.3, -0.25) is 0 Å². The number of hydrogen-bond donors (Lipinski definition) is 1. The lowest BCUT2D eigenvalue weighted by Crippen LogP contribution is -2.50. The summed E-state index contributed by atoms with van der Waals surface area (Å²) >= 11 is 0. The third-order valence-corrected chi connectivity index (χ3v) is 4.15. The highest BCUT2D eigenvalue weighted by Gasteiger charge is 2.25. The standard InChI is InChI=1S/C15H24FN3/c1-11-4-5-12(16)8-14(11)15(17)9-13-10-18(2)6-7-19(13)3/h4-5,8,13,15H,6-7,9-10,17H2,1-3H3. The molecule has 1 heterocycles. The van der Waals surface area contributed by atoms with E-state index in [0.717, 1.165) is 37.2 Å². The fraction of sp³-hybridized carbons (Fsp3) is 0.600. The van der Waals surface area contributed by atoms with Crippen LogP contribution in [-0.4, -0.2) is 49.6 Å². The number of rotatable bonds is 3. The fourth-order valence-corrected chi connectivity index (χ4v) is 2.79. The Morgan fingerprint density at radius 2 is 2.11 bits per heavy atom. The molecule has 0 saturated carbocycles. The molecule has 1 aromatic rings. The molecule has 1 aliphatic rings. The van der Waals surface area contributed by atoms with E-state index >= 15 is 0 Å². The Hall–Kier alpha value is -0.970. The van der Waals surface area contributed by atoms with Crippen molar-refractivity contribution in [1.82, 2.24) is 9.80 Å². The highest BCUT2D eigenvalue weighted by atomic mass is 19.1. The normalized spacial score (nSPS) is 23.5. The van der Waals surface area contributed by atoms with Crippen LogP contribution in [0.15, 0.2) is 18.2 Å². The summed E-state index contributed by atoms with van der Waals surface area (Å²) in [5, 5.41) is 0. The van der Waals surface area contributed by atoms with Gasteiger partial charge >= 0.3 is 0 Å². The molecule has 4 heteroatoms. The van der Waals surface area contributed by atoms with Crippen molar-refractivity contribution in [2.45, 2.75) is 25.4 Å². The first kappa shape index (κ1) is 14.4. The van der Waals surface area contributed by atoms with Gasteiger partial charge in [-0.15, -0.1) is 0 Å². The van der Waals surface area contributed by atoms with Gasteiger partial charge in [0.05, 0.1) is 0 Å². The van der Waals surface area contributed by atoms with Gasteiger partial charge in [0.2, 0.25) is 0 Å². The predicted molar refractivity (Wildman–Crippen MR) is 76.6 cm³/mol. The summed E-state index contributed by atoms with van der Waals surface area (Å²) in [6.07, 6.45) is 0.866. The van der Waals surface area contributed by atoms with Crippen LogP contribution in [0.2, 0.25) is 0 Å². The first-order chi connectivity index (χ1) is 8.97. The van der Waals surface area contributed by atoms with Crippen molar-refractivity contribution >= 4 is 0 Å². The fourth-order valence-electron chi connectivity index (χ4n) is 2.79. The molecular weight excluding hydrogens is 241 g/mol. The predicted octanol–water partition coefficient (Wildman–Crippen LogP) is 1.77. The molecule has 1 saturated heterocycles. The molecular formula is C15H24FN3. The third kappa shape index (κ3) is 3.53. The highest BCUT2D eigenvalue weighted by Crippen LogP contribution is 2.23. The molecule has 0 spiro atoms. The topological polar surface area (TPSA) is 32.5 Å². The smallest absolute Gasteiger partial charge is 0.123 e. The van der Waals surface area contributed by atoms with Crippen molar-refractivity contribution in [3.8, 4) is 0 Å². The number of likely N-dealkylation sites (N-methyl/N-ethyl adjacent to an activating group) is 2. The quantitative estimate of drug-likeness (QED) is 0.904. The van der Waals surface area contributed by atoms with Gasteiger partial charge in [-0.05, 0) is 50.7 Å². The van der Waals surface area contributed by atoms with Gasteiger partial charge < -0.3 is 15.5 Å². The Kier molecular flexibility index (Phi) is 4.55. The van der Waals surface area contributed by atoms with Crippen molar-refractivity contribution in [2.75, 3.05) is 33.7 Å². The number of hydrogen-bond acceptors (Lipinski definition) is 3. The molecule has 106 valence electrons. The number of nitrogens with zero attached hydrogens (tertiary/aromatic N) is 2. The zero-order valence-corrected chi connectivity index (χ0v) is 12.1. The molecule has 0 amide bonds. The molecule has 2 N–H and O–H groups in total. The second kappa shape index (κ2) is 5.99. The summed E-state index contributed by atoms with van der Waals surface area (Å²) in [6.45, 7) is 5.18. The molecule has 1 fully saturated rings. The number of aryl methyl sites for hydroxylation is 1. The number of halogens is 1. The Morgan fingerprint density at radius 1 is 1.37 bits per heavy atom. The van der Waals surface area contributed by atoms with E-state index in [2.05, 4.69) is 23.9 Å². The van der Waals surface area contributed by atoms with Crippen molar-refractivity contribution < 1.29 is 4.39 Å². The van der Waals surface area contributed by atoms with Crippen LogP contribution >= 0.6 is 0 Å². The molecule has 19 heavy (non-hydrogen) atoms.